The zero-order valence-electron chi connectivity index (χ0n) is 14.9. The van der Waals surface area contributed by atoms with E-state index < -0.39 is 27.8 Å². The van der Waals surface area contributed by atoms with E-state index in [-0.39, 0.29) is 11.4 Å². The van der Waals surface area contributed by atoms with Gasteiger partial charge in [0.1, 0.15) is 11.9 Å². The van der Waals surface area contributed by atoms with Crippen LogP contribution in [0.2, 0.25) is 0 Å². The molecule has 0 aromatic heterocycles. The van der Waals surface area contributed by atoms with Gasteiger partial charge in [-0.25, -0.2) is 12.8 Å². The lowest BCUT2D eigenvalue weighted by atomic mass is 10.1. The molecule has 7 heteroatoms. The monoisotopic (exact) mass is 398 g/mol. The molecule has 0 aliphatic rings. The van der Waals surface area contributed by atoms with Crippen LogP contribution in [0.5, 0.6) is 0 Å². The molecule has 0 unspecified atom stereocenters. The fraction of sp³-hybridized carbons (Fsp3) is 0.0952. The number of hydrogen-bond acceptors (Lipinski definition) is 3. The van der Waals surface area contributed by atoms with Crippen LogP contribution in [0.3, 0.4) is 0 Å². The summed E-state index contributed by atoms with van der Waals surface area (Å²) in [6.45, 7) is -0.0664. The first-order valence-corrected chi connectivity index (χ1v) is 9.99. The summed E-state index contributed by atoms with van der Waals surface area (Å²) in [5.41, 5.74) is 6.76. The second kappa shape index (κ2) is 8.33. The number of hydrogen-bond donors (Lipinski definition) is 1. The smallest absolute Gasteiger partial charge is 0.244 e. The van der Waals surface area contributed by atoms with E-state index in [2.05, 4.69) is 0 Å². The van der Waals surface area contributed by atoms with Crippen LogP contribution in [-0.4, -0.2) is 18.6 Å². The molecule has 3 rings (SSSR count). The molecule has 0 aliphatic heterocycles. The molecule has 0 aliphatic carbocycles. The maximum atomic E-state index is 13.4. The minimum Gasteiger partial charge on any atom is -0.368 e. The summed E-state index contributed by atoms with van der Waals surface area (Å²) in [6.07, 6.45) is 0. The summed E-state index contributed by atoms with van der Waals surface area (Å²) in [5, 5.41) is 0. The van der Waals surface area contributed by atoms with Gasteiger partial charge in [-0.2, -0.15) is 4.31 Å². The van der Waals surface area contributed by atoms with Crippen LogP contribution in [0, 0.1) is 5.82 Å². The zero-order valence-corrected chi connectivity index (χ0v) is 15.7. The Bertz CT molecular complexity index is 1040. The number of amides is 1. The van der Waals surface area contributed by atoms with Crippen molar-refractivity contribution < 1.29 is 17.6 Å². The molecular formula is C21H19FN2O3S. The predicted molar refractivity (Wildman–Crippen MR) is 104 cm³/mol. The van der Waals surface area contributed by atoms with Crippen molar-refractivity contribution in [2.45, 2.75) is 17.5 Å². The first kappa shape index (κ1) is 19.7. The molecule has 0 bridgehead atoms. The Morgan fingerprint density at radius 1 is 0.893 bits per heavy atom. The third-order valence-corrected chi connectivity index (χ3v) is 6.10. The fourth-order valence-electron chi connectivity index (χ4n) is 2.93. The summed E-state index contributed by atoms with van der Waals surface area (Å²) in [6, 6.07) is 20.6. The van der Waals surface area contributed by atoms with Crippen molar-refractivity contribution in [1.82, 2.24) is 4.31 Å². The number of rotatable bonds is 7. The minimum atomic E-state index is -4.14. The molecule has 1 amide bonds. The van der Waals surface area contributed by atoms with Crippen molar-refractivity contribution in [2.75, 3.05) is 0 Å². The highest BCUT2D eigenvalue weighted by molar-refractivity contribution is 7.89. The molecule has 0 spiro atoms. The molecule has 144 valence electrons. The van der Waals surface area contributed by atoms with Crippen molar-refractivity contribution in [3.05, 3.63) is 102 Å². The standard InChI is InChI=1S/C21H19FN2O3S/c22-18-11-13-19(14-12-18)28(26,27)24(15-16-7-3-1-4-8-16)20(21(23)25)17-9-5-2-6-10-17/h1-14,20H,15H2,(H2,23,25)/t20-/m1/s1. The van der Waals surface area contributed by atoms with Gasteiger partial charge in [0.25, 0.3) is 0 Å². The van der Waals surface area contributed by atoms with Gasteiger partial charge in [0.05, 0.1) is 4.90 Å². The number of carbonyl (C=O) groups excluding carboxylic acids is 1. The van der Waals surface area contributed by atoms with Crippen molar-refractivity contribution in [1.29, 1.82) is 0 Å². The van der Waals surface area contributed by atoms with Crippen LogP contribution in [0.1, 0.15) is 17.2 Å². The van der Waals surface area contributed by atoms with Gasteiger partial charge < -0.3 is 5.73 Å². The highest BCUT2D eigenvalue weighted by Crippen LogP contribution is 2.30. The fourth-order valence-corrected chi connectivity index (χ4v) is 4.50. The Balaban J connectivity index is 2.13. The Labute approximate surface area is 163 Å². The molecule has 3 aromatic rings. The summed E-state index contributed by atoms with van der Waals surface area (Å²) >= 11 is 0. The van der Waals surface area contributed by atoms with Crippen molar-refractivity contribution in [3.63, 3.8) is 0 Å². The summed E-state index contributed by atoms with van der Waals surface area (Å²) in [7, 11) is -4.14. The number of carbonyl (C=O) groups is 1. The predicted octanol–water partition coefficient (Wildman–Crippen LogP) is 3.24. The first-order valence-electron chi connectivity index (χ1n) is 8.55. The van der Waals surface area contributed by atoms with Crippen LogP contribution in [0.25, 0.3) is 0 Å². The van der Waals surface area contributed by atoms with E-state index in [1.807, 2.05) is 6.07 Å². The van der Waals surface area contributed by atoms with Gasteiger partial charge in [-0.3, -0.25) is 4.79 Å². The van der Waals surface area contributed by atoms with Gasteiger partial charge in [-0.15, -0.1) is 0 Å². The third-order valence-electron chi connectivity index (χ3n) is 4.27. The van der Waals surface area contributed by atoms with Crippen LogP contribution in [-0.2, 0) is 21.4 Å². The van der Waals surface area contributed by atoms with Gasteiger partial charge >= 0.3 is 0 Å². The maximum Gasteiger partial charge on any atom is 0.244 e. The molecule has 0 heterocycles. The van der Waals surface area contributed by atoms with E-state index >= 15 is 0 Å². The van der Waals surface area contributed by atoms with Crippen LogP contribution < -0.4 is 5.73 Å². The second-order valence-corrected chi connectivity index (χ2v) is 8.10. The van der Waals surface area contributed by atoms with E-state index in [1.54, 1.807) is 54.6 Å². The van der Waals surface area contributed by atoms with E-state index in [0.29, 0.717) is 11.1 Å². The van der Waals surface area contributed by atoms with E-state index in [9.17, 15) is 17.6 Å². The van der Waals surface area contributed by atoms with Crippen molar-refractivity contribution in [2.24, 2.45) is 5.73 Å². The van der Waals surface area contributed by atoms with Crippen molar-refractivity contribution >= 4 is 15.9 Å². The van der Waals surface area contributed by atoms with Gasteiger partial charge in [0.15, 0.2) is 0 Å². The molecule has 2 N–H and O–H groups in total. The number of sulfonamides is 1. The number of primary amides is 1. The lowest BCUT2D eigenvalue weighted by Crippen LogP contribution is -2.41. The van der Waals surface area contributed by atoms with Gasteiger partial charge in [0.2, 0.25) is 15.9 Å². The number of halogens is 1. The lowest BCUT2D eigenvalue weighted by Gasteiger charge is -2.29. The minimum absolute atomic E-state index is 0.0664. The molecule has 0 saturated carbocycles. The van der Waals surface area contributed by atoms with Crippen LogP contribution in [0.4, 0.5) is 4.39 Å². The van der Waals surface area contributed by atoms with E-state index in [1.165, 1.54) is 12.1 Å². The second-order valence-electron chi connectivity index (χ2n) is 6.21. The topological polar surface area (TPSA) is 80.5 Å². The average molecular weight is 398 g/mol. The van der Waals surface area contributed by atoms with E-state index in [0.717, 1.165) is 16.4 Å². The SMILES string of the molecule is NC(=O)[C@@H](c1ccccc1)N(Cc1ccccc1)S(=O)(=O)c1ccc(F)cc1. The Morgan fingerprint density at radius 3 is 1.96 bits per heavy atom. The highest BCUT2D eigenvalue weighted by atomic mass is 32.2. The van der Waals surface area contributed by atoms with Gasteiger partial charge in [-0.05, 0) is 35.4 Å². The quantitative estimate of drug-likeness (QED) is 0.663. The zero-order chi connectivity index (χ0) is 20.1. The average Bonchev–Trinajstić information content (AvgIpc) is 2.69. The summed E-state index contributed by atoms with van der Waals surface area (Å²) < 4.78 is 41.1. The van der Waals surface area contributed by atoms with Crippen molar-refractivity contribution in [3.8, 4) is 0 Å². The Kier molecular flexibility index (Phi) is 5.87. The molecule has 3 aromatic carbocycles. The highest BCUT2D eigenvalue weighted by Gasteiger charge is 2.36. The van der Waals surface area contributed by atoms with Gasteiger partial charge in [0, 0.05) is 6.54 Å². The largest absolute Gasteiger partial charge is 0.368 e. The summed E-state index contributed by atoms with van der Waals surface area (Å²) in [4.78, 5) is 12.2. The number of benzene rings is 3. The Morgan fingerprint density at radius 2 is 1.43 bits per heavy atom. The normalized spacial score (nSPS) is 12.6. The number of nitrogens with zero attached hydrogens (tertiary/aromatic N) is 1. The molecule has 0 fully saturated rings. The molecule has 0 radical (unpaired) electrons. The van der Waals surface area contributed by atoms with Crippen LogP contribution in [0.15, 0.2) is 89.8 Å². The van der Waals surface area contributed by atoms with E-state index in [4.69, 9.17) is 5.73 Å². The third kappa shape index (κ3) is 4.27. The first-order chi connectivity index (χ1) is 13.4. The molecular weight excluding hydrogens is 379 g/mol. The maximum absolute atomic E-state index is 13.4. The van der Waals surface area contributed by atoms with Crippen LogP contribution >= 0.6 is 0 Å². The molecule has 5 nitrogen and oxygen atoms in total. The van der Waals surface area contributed by atoms with Gasteiger partial charge in [-0.1, -0.05) is 60.7 Å². The molecule has 1 atom stereocenters. The molecule has 0 saturated heterocycles. The lowest BCUT2D eigenvalue weighted by molar-refractivity contribution is -0.122. The Hall–Kier alpha value is -3.03. The summed E-state index contributed by atoms with van der Waals surface area (Å²) in [5.74, 6) is -1.35. The molecule has 28 heavy (non-hydrogen) atoms. The number of nitrogens with two attached hydrogens (primary N) is 1.